The van der Waals surface area contributed by atoms with Gasteiger partial charge < -0.3 is 10.2 Å². The Hall–Kier alpha value is -1.51. The van der Waals surface area contributed by atoms with Crippen molar-refractivity contribution in [3.63, 3.8) is 0 Å². The molecule has 3 nitrogen and oxygen atoms in total. The fourth-order valence-corrected chi connectivity index (χ4v) is 1.33. The second-order valence-corrected chi connectivity index (χ2v) is 2.85. The molecule has 0 saturated carbocycles. The third kappa shape index (κ3) is 1.03. The smallest absolute Gasteiger partial charge is 0.243 e. The van der Waals surface area contributed by atoms with Gasteiger partial charge in [-0.05, 0) is 18.2 Å². The van der Waals surface area contributed by atoms with Crippen LogP contribution < -0.4 is 10.2 Å². The lowest BCUT2D eigenvalue weighted by molar-refractivity contribution is -0.115. The average Bonchev–Trinajstić information content (AvgIpc) is 2.04. The van der Waals surface area contributed by atoms with Crippen LogP contribution in [0.2, 0.25) is 0 Å². The number of hydrogen-bond acceptors (Lipinski definition) is 2. The summed E-state index contributed by atoms with van der Waals surface area (Å²) in [6.45, 7) is 0.421. The number of anilines is 2. The molecule has 0 aliphatic carbocycles. The van der Waals surface area contributed by atoms with Crippen molar-refractivity contribution < 1.29 is 4.79 Å². The van der Waals surface area contributed by atoms with Gasteiger partial charge in [0.05, 0.1) is 17.9 Å². The predicted molar refractivity (Wildman–Crippen MR) is 47.2 cm³/mol. The van der Waals surface area contributed by atoms with Crippen molar-refractivity contribution in [3.8, 4) is 0 Å². The van der Waals surface area contributed by atoms with Gasteiger partial charge in [-0.2, -0.15) is 0 Å². The molecular weight excluding hydrogens is 152 g/mol. The van der Waals surface area contributed by atoms with Crippen molar-refractivity contribution in [3.05, 3.63) is 24.3 Å². The standard InChI is InChI=1S/C9H9N2O/c1-11-6-9(12)10-7-4-2-3-5-8(7)11/h2,4-5H,6H2,1H3,(H,10,12). The van der Waals surface area contributed by atoms with E-state index in [2.05, 4.69) is 11.4 Å². The molecule has 1 radical (unpaired) electrons. The molecule has 1 aromatic carbocycles. The van der Waals surface area contributed by atoms with Gasteiger partial charge in [0.2, 0.25) is 5.91 Å². The molecule has 1 N–H and O–H groups in total. The first kappa shape index (κ1) is 7.16. The molecule has 1 aliphatic rings. The van der Waals surface area contributed by atoms with E-state index < -0.39 is 0 Å². The van der Waals surface area contributed by atoms with E-state index in [1.807, 2.05) is 24.1 Å². The third-order valence-corrected chi connectivity index (χ3v) is 1.91. The summed E-state index contributed by atoms with van der Waals surface area (Å²) in [4.78, 5) is 13.0. The van der Waals surface area contributed by atoms with E-state index in [1.165, 1.54) is 0 Å². The number of benzene rings is 1. The molecule has 3 heteroatoms. The summed E-state index contributed by atoms with van der Waals surface area (Å²) >= 11 is 0. The minimum Gasteiger partial charge on any atom is -0.364 e. The molecule has 1 aromatic rings. The van der Waals surface area contributed by atoms with Crippen LogP contribution in [0.25, 0.3) is 0 Å². The quantitative estimate of drug-likeness (QED) is 0.612. The molecule has 61 valence electrons. The average molecular weight is 161 g/mol. The Balaban J connectivity index is 2.47. The minimum absolute atomic E-state index is 0.0381. The zero-order valence-corrected chi connectivity index (χ0v) is 6.79. The van der Waals surface area contributed by atoms with Gasteiger partial charge >= 0.3 is 0 Å². The molecule has 0 saturated heterocycles. The van der Waals surface area contributed by atoms with Crippen molar-refractivity contribution in [2.24, 2.45) is 0 Å². The molecule has 0 bridgehead atoms. The van der Waals surface area contributed by atoms with Crippen LogP contribution in [0.5, 0.6) is 0 Å². The van der Waals surface area contributed by atoms with Gasteiger partial charge in [-0.15, -0.1) is 0 Å². The highest BCUT2D eigenvalue weighted by Gasteiger charge is 2.17. The first-order chi connectivity index (χ1) is 5.77. The monoisotopic (exact) mass is 161 g/mol. The number of fused-ring (bicyclic) bond motifs is 1. The van der Waals surface area contributed by atoms with E-state index in [9.17, 15) is 4.79 Å². The third-order valence-electron chi connectivity index (χ3n) is 1.91. The van der Waals surface area contributed by atoms with Crippen LogP contribution in [-0.2, 0) is 4.79 Å². The highest BCUT2D eigenvalue weighted by atomic mass is 16.2. The maximum absolute atomic E-state index is 11.1. The lowest BCUT2D eigenvalue weighted by atomic mass is 10.2. The molecule has 0 atom stereocenters. The molecule has 1 amide bonds. The van der Waals surface area contributed by atoms with Crippen LogP contribution in [0.4, 0.5) is 11.4 Å². The fraction of sp³-hybridized carbons (Fsp3) is 0.222. The highest BCUT2D eigenvalue weighted by molar-refractivity contribution is 6.00. The number of likely N-dealkylation sites (N-methyl/N-ethyl adjacent to an activating group) is 1. The normalized spacial score (nSPS) is 15.4. The van der Waals surface area contributed by atoms with E-state index in [0.717, 1.165) is 11.4 Å². The van der Waals surface area contributed by atoms with E-state index in [0.29, 0.717) is 6.54 Å². The molecule has 2 rings (SSSR count). The summed E-state index contributed by atoms with van der Waals surface area (Å²) in [6, 6.07) is 8.48. The Kier molecular flexibility index (Phi) is 1.50. The number of rotatable bonds is 0. The fourth-order valence-electron chi connectivity index (χ4n) is 1.33. The Morgan fingerprint density at radius 2 is 2.50 bits per heavy atom. The summed E-state index contributed by atoms with van der Waals surface area (Å²) in [6.07, 6.45) is 0. The van der Waals surface area contributed by atoms with Crippen LogP contribution in [-0.4, -0.2) is 19.5 Å². The maximum atomic E-state index is 11.1. The number of nitrogens with one attached hydrogen (secondary N) is 1. The SMILES string of the molecule is CN1CC(=O)Nc2cc[c]cc21. The van der Waals surface area contributed by atoms with Crippen molar-refractivity contribution in [1.82, 2.24) is 0 Å². The summed E-state index contributed by atoms with van der Waals surface area (Å²) in [7, 11) is 1.89. The van der Waals surface area contributed by atoms with Gasteiger partial charge in [0.25, 0.3) is 0 Å². The van der Waals surface area contributed by atoms with Crippen molar-refractivity contribution >= 4 is 17.3 Å². The molecule has 1 aliphatic heterocycles. The highest BCUT2D eigenvalue weighted by Crippen LogP contribution is 2.26. The lowest BCUT2D eigenvalue weighted by Crippen LogP contribution is -2.35. The zero-order chi connectivity index (χ0) is 8.55. The van der Waals surface area contributed by atoms with Gasteiger partial charge in [0, 0.05) is 7.05 Å². The van der Waals surface area contributed by atoms with E-state index in [4.69, 9.17) is 0 Å². The number of hydrogen-bond donors (Lipinski definition) is 1. The number of nitrogens with zero attached hydrogens (tertiary/aromatic N) is 1. The van der Waals surface area contributed by atoms with E-state index in [-0.39, 0.29) is 5.91 Å². The number of amides is 1. The summed E-state index contributed by atoms with van der Waals surface area (Å²) < 4.78 is 0. The van der Waals surface area contributed by atoms with Crippen molar-refractivity contribution in [2.45, 2.75) is 0 Å². The van der Waals surface area contributed by atoms with Gasteiger partial charge in [-0.3, -0.25) is 4.79 Å². The Labute approximate surface area is 71.0 Å². The molecule has 1 heterocycles. The van der Waals surface area contributed by atoms with Crippen LogP contribution in [0, 0.1) is 6.07 Å². The number of carbonyl (C=O) groups is 1. The largest absolute Gasteiger partial charge is 0.364 e. The Bertz CT molecular complexity index is 322. The van der Waals surface area contributed by atoms with E-state index >= 15 is 0 Å². The van der Waals surface area contributed by atoms with Crippen molar-refractivity contribution in [2.75, 3.05) is 23.8 Å². The second kappa shape index (κ2) is 2.52. The topological polar surface area (TPSA) is 32.3 Å². The number of carbonyl (C=O) groups excluding carboxylic acids is 1. The van der Waals surface area contributed by atoms with Gasteiger partial charge in [0.1, 0.15) is 0 Å². The summed E-state index contributed by atoms with van der Waals surface area (Å²) in [5.41, 5.74) is 1.89. The minimum atomic E-state index is 0.0381. The molecule has 12 heavy (non-hydrogen) atoms. The molecular formula is C9H9N2O. The first-order valence-corrected chi connectivity index (χ1v) is 3.78. The Morgan fingerprint density at radius 3 is 3.33 bits per heavy atom. The van der Waals surface area contributed by atoms with Crippen molar-refractivity contribution in [1.29, 1.82) is 0 Å². The van der Waals surface area contributed by atoms with Gasteiger partial charge in [0.15, 0.2) is 0 Å². The van der Waals surface area contributed by atoms with Crippen LogP contribution in [0.3, 0.4) is 0 Å². The zero-order valence-electron chi connectivity index (χ0n) is 6.79. The maximum Gasteiger partial charge on any atom is 0.243 e. The van der Waals surface area contributed by atoms with Crippen LogP contribution >= 0.6 is 0 Å². The van der Waals surface area contributed by atoms with Gasteiger partial charge in [-0.1, -0.05) is 6.07 Å². The van der Waals surface area contributed by atoms with Crippen LogP contribution in [0.15, 0.2) is 18.2 Å². The first-order valence-electron chi connectivity index (χ1n) is 3.78. The Morgan fingerprint density at radius 1 is 1.67 bits per heavy atom. The second-order valence-electron chi connectivity index (χ2n) is 2.85. The predicted octanol–water partition coefficient (Wildman–Crippen LogP) is 0.875. The van der Waals surface area contributed by atoms with Crippen LogP contribution in [0.1, 0.15) is 0 Å². The molecule has 0 aromatic heterocycles. The molecule has 0 unspecified atom stereocenters. The lowest BCUT2D eigenvalue weighted by Gasteiger charge is -2.26. The van der Waals surface area contributed by atoms with Gasteiger partial charge in [-0.25, -0.2) is 0 Å². The summed E-state index contributed by atoms with van der Waals surface area (Å²) in [5, 5.41) is 2.79. The summed E-state index contributed by atoms with van der Waals surface area (Å²) in [5.74, 6) is 0.0381. The van der Waals surface area contributed by atoms with E-state index in [1.54, 1.807) is 6.07 Å². The molecule has 0 spiro atoms. The molecule has 0 fully saturated rings.